The van der Waals surface area contributed by atoms with Crippen LogP contribution in [-0.4, -0.2) is 70.6 Å². The number of rotatable bonds is 2. The zero-order valence-corrected chi connectivity index (χ0v) is 14.1. The molecule has 24 heavy (non-hydrogen) atoms. The summed E-state index contributed by atoms with van der Waals surface area (Å²) in [4.78, 5) is 11.5. The molecule has 134 valence electrons. The Morgan fingerprint density at radius 3 is 2.67 bits per heavy atom. The molecule has 0 aromatic carbocycles. The van der Waals surface area contributed by atoms with Crippen LogP contribution in [0.25, 0.3) is 0 Å². The fourth-order valence-electron chi connectivity index (χ4n) is 5.46. The zero-order valence-electron chi connectivity index (χ0n) is 14.1. The van der Waals surface area contributed by atoms with Gasteiger partial charge in [-0.1, -0.05) is 13.0 Å². The lowest BCUT2D eigenvalue weighted by Gasteiger charge is -2.59. The molecule has 4 aliphatic rings. The van der Waals surface area contributed by atoms with Crippen LogP contribution in [0.5, 0.6) is 0 Å². The highest BCUT2D eigenvalue weighted by Gasteiger charge is 2.83. The van der Waals surface area contributed by atoms with E-state index >= 15 is 0 Å². The first-order chi connectivity index (χ1) is 11.2. The Balaban J connectivity index is 1.86. The van der Waals surface area contributed by atoms with Gasteiger partial charge in [-0.2, -0.15) is 0 Å². The first kappa shape index (κ1) is 16.5. The van der Waals surface area contributed by atoms with Crippen LogP contribution < -0.4 is 0 Å². The standard InChI is InChI=1S/C17H24O7/c1-8-4-11-16(6-18,13(21)12(8)20)15(3)5-10(23-9(2)19)14(24-11)17(15)7-22-17/h4,10-14,18,20-21H,5-7H2,1-3H3. The molecule has 2 saturated heterocycles. The van der Waals surface area contributed by atoms with Crippen molar-refractivity contribution in [2.75, 3.05) is 13.2 Å². The second-order valence-corrected chi connectivity index (χ2v) is 7.84. The van der Waals surface area contributed by atoms with Gasteiger partial charge in [0.25, 0.3) is 0 Å². The summed E-state index contributed by atoms with van der Waals surface area (Å²) in [7, 11) is 0. The van der Waals surface area contributed by atoms with E-state index in [4.69, 9.17) is 14.2 Å². The average Bonchev–Trinajstić information content (AvgIpc) is 3.27. The van der Waals surface area contributed by atoms with Gasteiger partial charge in [-0.05, 0) is 18.9 Å². The summed E-state index contributed by atoms with van der Waals surface area (Å²) >= 11 is 0. The lowest BCUT2D eigenvalue weighted by molar-refractivity contribution is -0.262. The van der Waals surface area contributed by atoms with Gasteiger partial charge in [-0.15, -0.1) is 0 Å². The average molecular weight is 340 g/mol. The molecule has 1 spiro atoms. The minimum Gasteiger partial charge on any atom is -0.460 e. The third-order valence-electron chi connectivity index (χ3n) is 6.91. The number of aliphatic hydroxyl groups is 3. The Labute approximate surface area is 140 Å². The molecule has 2 aliphatic carbocycles. The summed E-state index contributed by atoms with van der Waals surface area (Å²) in [6.07, 6.45) is -1.61. The minimum atomic E-state index is -1.19. The lowest BCUT2D eigenvalue weighted by Crippen LogP contribution is -2.71. The molecule has 7 heteroatoms. The molecule has 8 atom stereocenters. The molecule has 7 nitrogen and oxygen atoms in total. The van der Waals surface area contributed by atoms with Crippen molar-refractivity contribution in [1.29, 1.82) is 0 Å². The topological polar surface area (TPSA) is 109 Å². The highest BCUT2D eigenvalue weighted by atomic mass is 16.7. The number of epoxide rings is 1. The molecule has 3 N–H and O–H groups in total. The van der Waals surface area contributed by atoms with Crippen LogP contribution in [0, 0.1) is 10.8 Å². The molecule has 8 unspecified atom stereocenters. The van der Waals surface area contributed by atoms with Gasteiger partial charge in [-0.3, -0.25) is 4.79 Å². The van der Waals surface area contributed by atoms with Gasteiger partial charge in [0.2, 0.25) is 0 Å². The van der Waals surface area contributed by atoms with Crippen molar-refractivity contribution in [3.63, 3.8) is 0 Å². The molecule has 1 saturated carbocycles. The van der Waals surface area contributed by atoms with Crippen molar-refractivity contribution in [3.05, 3.63) is 11.6 Å². The maximum Gasteiger partial charge on any atom is 0.302 e. The Morgan fingerprint density at radius 2 is 2.12 bits per heavy atom. The molecule has 2 heterocycles. The largest absolute Gasteiger partial charge is 0.460 e. The van der Waals surface area contributed by atoms with Crippen LogP contribution >= 0.6 is 0 Å². The van der Waals surface area contributed by atoms with Crippen molar-refractivity contribution in [2.24, 2.45) is 10.8 Å². The normalized spacial score (nSPS) is 55.1. The maximum atomic E-state index is 11.5. The van der Waals surface area contributed by atoms with E-state index in [2.05, 4.69) is 0 Å². The number of esters is 1. The lowest BCUT2D eigenvalue weighted by atomic mass is 9.50. The fraction of sp³-hybridized carbons (Fsp3) is 0.824. The summed E-state index contributed by atoms with van der Waals surface area (Å²) in [6, 6.07) is 0. The van der Waals surface area contributed by atoms with E-state index in [0.717, 1.165) is 0 Å². The van der Waals surface area contributed by atoms with E-state index in [9.17, 15) is 20.1 Å². The molecule has 2 aliphatic heterocycles. The van der Waals surface area contributed by atoms with Crippen molar-refractivity contribution >= 4 is 5.97 Å². The molecule has 0 amide bonds. The van der Waals surface area contributed by atoms with Gasteiger partial charge in [0.15, 0.2) is 0 Å². The Hall–Kier alpha value is -0.990. The number of fused-ring (bicyclic) bond motifs is 2. The van der Waals surface area contributed by atoms with Crippen molar-refractivity contribution in [1.82, 2.24) is 0 Å². The van der Waals surface area contributed by atoms with Crippen LogP contribution in [0.15, 0.2) is 11.6 Å². The Morgan fingerprint density at radius 1 is 1.46 bits per heavy atom. The number of hydrogen-bond acceptors (Lipinski definition) is 7. The minimum absolute atomic E-state index is 0.360. The van der Waals surface area contributed by atoms with Gasteiger partial charge in [0.1, 0.15) is 23.9 Å². The van der Waals surface area contributed by atoms with Gasteiger partial charge < -0.3 is 29.5 Å². The molecule has 0 aromatic heterocycles. The predicted octanol–water partition coefficient (Wildman–Crippen LogP) is -0.475. The highest BCUT2D eigenvalue weighted by Crippen LogP contribution is 2.71. The second kappa shape index (κ2) is 4.80. The van der Waals surface area contributed by atoms with Crippen molar-refractivity contribution in [2.45, 2.75) is 63.3 Å². The fourth-order valence-corrected chi connectivity index (χ4v) is 5.46. The van der Waals surface area contributed by atoms with E-state index in [-0.39, 0.29) is 6.61 Å². The maximum absolute atomic E-state index is 11.5. The van der Waals surface area contributed by atoms with E-state index in [0.29, 0.717) is 18.6 Å². The quantitative estimate of drug-likeness (QED) is 0.354. The van der Waals surface area contributed by atoms with E-state index in [1.807, 2.05) is 6.92 Å². The zero-order chi connectivity index (χ0) is 17.5. The number of aliphatic hydroxyl groups excluding tert-OH is 3. The van der Waals surface area contributed by atoms with Crippen molar-refractivity contribution < 1.29 is 34.3 Å². The SMILES string of the molecule is CC(=O)OC1CC2(C)C3(CO3)C1OC1C=C(C)C(O)C(O)C12CO. The third kappa shape index (κ3) is 1.62. The van der Waals surface area contributed by atoms with Crippen LogP contribution in [0.4, 0.5) is 0 Å². The Bertz CT molecular complexity index is 612. The van der Waals surface area contributed by atoms with E-state index in [1.165, 1.54) is 6.92 Å². The predicted molar refractivity (Wildman–Crippen MR) is 80.9 cm³/mol. The van der Waals surface area contributed by atoms with Crippen LogP contribution in [0.1, 0.15) is 27.2 Å². The van der Waals surface area contributed by atoms with Gasteiger partial charge >= 0.3 is 5.97 Å². The van der Waals surface area contributed by atoms with Gasteiger partial charge in [-0.25, -0.2) is 0 Å². The van der Waals surface area contributed by atoms with Gasteiger partial charge in [0.05, 0.1) is 30.8 Å². The number of carbonyl (C=O) groups excluding carboxylic acids is 1. The third-order valence-corrected chi connectivity index (χ3v) is 6.91. The molecular formula is C17H24O7. The van der Waals surface area contributed by atoms with Crippen LogP contribution in [0.3, 0.4) is 0 Å². The summed E-state index contributed by atoms with van der Waals surface area (Å²) in [5, 5.41) is 31.6. The van der Waals surface area contributed by atoms with Gasteiger partial charge in [0, 0.05) is 12.3 Å². The summed E-state index contributed by atoms with van der Waals surface area (Å²) < 4.78 is 17.5. The first-order valence-electron chi connectivity index (χ1n) is 8.35. The van der Waals surface area contributed by atoms with E-state index < -0.39 is 52.9 Å². The first-order valence-corrected chi connectivity index (χ1v) is 8.35. The molecule has 0 aromatic rings. The molecular weight excluding hydrogens is 316 g/mol. The summed E-state index contributed by atoms with van der Waals surface area (Å²) in [5.74, 6) is -0.399. The van der Waals surface area contributed by atoms with Crippen LogP contribution in [0.2, 0.25) is 0 Å². The number of carbonyl (C=O) groups is 1. The van der Waals surface area contributed by atoms with Crippen molar-refractivity contribution in [3.8, 4) is 0 Å². The number of ether oxygens (including phenoxy) is 3. The number of hydrogen-bond donors (Lipinski definition) is 3. The summed E-state index contributed by atoms with van der Waals surface area (Å²) in [6.45, 7) is 5.08. The van der Waals surface area contributed by atoms with Crippen LogP contribution in [-0.2, 0) is 19.0 Å². The molecule has 2 bridgehead atoms. The second-order valence-electron chi connectivity index (χ2n) is 7.84. The summed E-state index contributed by atoms with van der Waals surface area (Å²) in [5.41, 5.74) is -1.91. The molecule has 3 fully saturated rings. The smallest absolute Gasteiger partial charge is 0.302 e. The Kier molecular flexibility index (Phi) is 3.29. The highest BCUT2D eigenvalue weighted by molar-refractivity contribution is 5.66. The monoisotopic (exact) mass is 340 g/mol. The molecule has 0 radical (unpaired) electrons. The molecule has 4 rings (SSSR count). The van der Waals surface area contributed by atoms with E-state index in [1.54, 1.807) is 13.0 Å².